The summed E-state index contributed by atoms with van der Waals surface area (Å²) < 4.78 is 14.3. The third-order valence-electron chi connectivity index (χ3n) is 16.1. The zero-order valence-corrected chi connectivity index (χ0v) is 37.8. The van der Waals surface area contributed by atoms with E-state index in [9.17, 15) is 0 Å². The molecule has 2 aliphatic carbocycles. The number of fused-ring (bicyclic) bond motifs is 13. The van der Waals surface area contributed by atoms with Crippen LogP contribution in [-0.4, -0.2) is 12.3 Å². The number of benzene rings is 7. The second-order valence-corrected chi connectivity index (χ2v) is 21.9. The van der Waals surface area contributed by atoms with Gasteiger partial charge in [0.05, 0.1) is 16.9 Å². The van der Waals surface area contributed by atoms with E-state index in [1.54, 1.807) is 0 Å². The molecule has 0 bridgehead atoms. The predicted octanol–water partition coefficient (Wildman–Crippen LogP) is 14.7. The minimum atomic E-state index is 0.0431. The third kappa shape index (κ3) is 5.17. The van der Waals surface area contributed by atoms with Gasteiger partial charge in [-0.15, -0.1) is 0 Å². The number of rotatable bonds is 2. The Hall–Kier alpha value is -6.20. The molecule has 0 unspecified atom stereocenters. The summed E-state index contributed by atoms with van der Waals surface area (Å²) in [6, 6.07) is 43.4. The molecule has 5 heteroatoms. The highest BCUT2D eigenvalue weighted by Crippen LogP contribution is 2.53. The minimum Gasteiger partial charge on any atom is -0.469 e. The summed E-state index contributed by atoms with van der Waals surface area (Å²) >= 11 is 0. The lowest BCUT2D eigenvalue weighted by Gasteiger charge is -2.43. The third-order valence-corrected chi connectivity index (χ3v) is 16.1. The largest absolute Gasteiger partial charge is 0.469 e. The number of hydrogen-bond acceptors (Lipinski definition) is 3. The quantitative estimate of drug-likeness (QED) is 0.177. The van der Waals surface area contributed by atoms with E-state index in [1.165, 1.54) is 78.1 Å². The van der Waals surface area contributed by atoms with Crippen LogP contribution in [0.25, 0.3) is 76.6 Å². The molecule has 13 rings (SSSR count). The lowest BCUT2D eigenvalue weighted by atomic mass is 9.60. The molecule has 3 aromatic heterocycles. The first kappa shape index (κ1) is 37.4. The molecule has 63 heavy (non-hydrogen) atoms. The predicted molar refractivity (Wildman–Crippen MR) is 267 cm³/mol. The van der Waals surface area contributed by atoms with Gasteiger partial charge in [0, 0.05) is 54.9 Å². The van der Waals surface area contributed by atoms with E-state index >= 15 is 0 Å². The Morgan fingerprint density at radius 3 is 1.94 bits per heavy atom. The number of anilines is 3. The van der Waals surface area contributed by atoms with Crippen molar-refractivity contribution in [2.24, 2.45) is 0 Å². The molecule has 1 aliphatic heterocycles. The maximum atomic E-state index is 7.27. The second kappa shape index (κ2) is 12.3. The molecule has 0 spiro atoms. The molecule has 0 saturated carbocycles. The monoisotopic (exact) mass is 820 g/mol. The molecule has 0 saturated heterocycles. The van der Waals surface area contributed by atoms with Crippen molar-refractivity contribution in [2.45, 2.75) is 103 Å². The average Bonchev–Trinajstić information content (AvgIpc) is 3.94. The van der Waals surface area contributed by atoms with Crippen LogP contribution in [0.4, 0.5) is 17.1 Å². The van der Waals surface area contributed by atoms with Gasteiger partial charge >= 0.3 is 0 Å². The van der Waals surface area contributed by atoms with Gasteiger partial charge in [0.1, 0.15) is 16.7 Å². The average molecular weight is 821 g/mol. The number of furan rings is 2. The van der Waals surface area contributed by atoms with Crippen LogP contribution in [0.5, 0.6) is 0 Å². The fourth-order valence-corrected chi connectivity index (χ4v) is 12.2. The Labute approximate surface area is 369 Å². The standard InChI is InChI=1S/C58H53BN2O2/c1-55(2)22-23-56(3,4)42-28-34(20-21-41(42)55)61-46-30-39-35-16-11-12-19-47(35)62-53(39)49(37-18-13-17-36-38-26-32-14-9-10-15-33(32)27-45(38)60-51(36)37)50(46)59-54-52(61)40-29-43-44(31-48(40)63-54)58(7,8)25-24-57(43,5)6/h9-21,26-31,59-60H,22-25H2,1-8H3. The molecule has 4 nitrogen and oxygen atoms in total. The lowest BCUT2D eigenvalue weighted by Crippen LogP contribution is -2.40. The van der Waals surface area contributed by atoms with E-state index in [0.29, 0.717) is 7.28 Å². The van der Waals surface area contributed by atoms with Gasteiger partial charge in [-0.2, -0.15) is 0 Å². The Morgan fingerprint density at radius 1 is 0.524 bits per heavy atom. The van der Waals surface area contributed by atoms with Crippen LogP contribution in [0.3, 0.4) is 0 Å². The minimum absolute atomic E-state index is 0.0431. The van der Waals surface area contributed by atoms with Crippen molar-refractivity contribution in [3.8, 4) is 11.1 Å². The van der Waals surface area contributed by atoms with Crippen LogP contribution in [0.15, 0.2) is 124 Å². The summed E-state index contributed by atoms with van der Waals surface area (Å²) in [7, 11) is 0.638. The highest BCUT2D eigenvalue weighted by molar-refractivity contribution is 6.73. The van der Waals surface area contributed by atoms with Crippen LogP contribution in [0, 0.1) is 0 Å². The Kier molecular flexibility index (Phi) is 7.29. The van der Waals surface area contributed by atoms with E-state index in [4.69, 9.17) is 8.83 Å². The molecule has 310 valence electrons. The zero-order valence-electron chi connectivity index (χ0n) is 37.8. The Morgan fingerprint density at radius 2 is 1.17 bits per heavy atom. The summed E-state index contributed by atoms with van der Waals surface area (Å²) in [6.45, 7) is 19.4. The summed E-state index contributed by atoms with van der Waals surface area (Å²) in [5.41, 5.74) is 19.1. The van der Waals surface area contributed by atoms with Crippen molar-refractivity contribution in [1.82, 2.24) is 4.98 Å². The Balaban J connectivity index is 1.16. The molecule has 0 radical (unpaired) electrons. The van der Waals surface area contributed by atoms with Crippen molar-refractivity contribution in [3.05, 3.63) is 138 Å². The number of hydrogen-bond donors (Lipinski definition) is 1. The molecule has 3 aliphatic rings. The number of aromatic amines is 1. The molecule has 0 amide bonds. The lowest BCUT2D eigenvalue weighted by molar-refractivity contribution is 0.332. The molecular formula is C58H53BN2O2. The van der Waals surface area contributed by atoms with Crippen molar-refractivity contribution in [2.75, 3.05) is 4.90 Å². The van der Waals surface area contributed by atoms with Gasteiger partial charge in [-0.1, -0.05) is 122 Å². The molecule has 0 fully saturated rings. The number of nitrogens with one attached hydrogen (secondary N) is 1. The molecule has 7 aromatic carbocycles. The molecular weight excluding hydrogens is 767 g/mol. The fraction of sp³-hybridized carbons (Fsp3) is 0.276. The van der Waals surface area contributed by atoms with E-state index in [1.807, 2.05) is 0 Å². The number of para-hydroxylation sites is 2. The summed E-state index contributed by atoms with van der Waals surface area (Å²) in [5, 5.41) is 8.36. The maximum absolute atomic E-state index is 7.27. The number of aromatic nitrogens is 1. The van der Waals surface area contributed by atoms with Crippen LogP contribution < -0.4 is 16.0 Å². The van der Waals surface area contributed by atoms with E-state index in [-0.39, 0.29) is 21.7 Å². The normalized spacial score (nSPS) is 18.2. The summed E-state index contributed by atoms with van der Waals surface area (Å²) in [4.78, 5) is 6.52. The van der Waals surface area contributed by atoms with Crippen LogP contribution in [0.2, 0.25) is 0 Å². The Bertz CT molecular complexity index is 3630. The topological polar surface area (TPSA) is 45.3 Å². The molecule has 1 N–H and O–H groups in total. The van der Waals surface area contributed by atoms with E-state index in [2.05, 4.69) is 181 Å². The highest BCUT2D eigenvalue weighted by atomic mass is 16.3. The molecule has 10 aromatic rings. The van der Waals surface area contributed by atoms with Crippen molar-refractivity contribution >= 4 is 101 Å². The first-order chi connectivity index (χ1) is 30.2. The van der Waals surface area contributed by atoms with E-state index < -0.39 is 0 Å². The van der Waals surface area contributed by atoms with E-state index in [0.717, 1.165) is 74.6 Å². The van der Waals surface area contributed by atoms with Gasteiger partial charge in [-0.05, 0) is 134 Å². The number of H-pyrrole nitrogens is 1. The molecule has 4 heterocycles. The van der Waals surface area contributed by atoms with Gasteiger partial charge in [0.2, 0.25) is 7.28 Å². The first-order valence-corrected chi connectivity index (χ1v) is 23.1. The SMILES string of the molecule is CC1(C)CCC(C)(C)c2cc(N3c4cc5c(oc6ccccc65)c(-c5cccc6c5[nH]c5cc7ccccc7cc56)c4Bc4oc5cc6c(cc5c43)C(C)(C)CCC6(C)C)ccc21. The molecule has 0 atom stereocenters. The smallest absolute Gasteiger partial charge is 0.245 e. The summed E-state index contributed by atoms with van der Waals surface area (Å²) in [6.07, 6.45) is 4.64. The van der Waals surface area contributed by atoms with Crippen molar-refractivity contribution in [3.63, 3.8) is 0 Å². The van der Waals surface area contributed by atoms with Crippen LogP contribution in [0.1, 0.15) is 103 Å². The van der Waals surface area contributed by atoms with Gasteiger partial charge < -0.3 is 18.7 Å². The summed E-state index contributed by atoms with van der Waals surface area (Å²) in [5.74, 6) is 0. The van der Waals surface area contributed by atoms with Crippen LogP contribution in [-0.2, 0) is 21.7 Å². The maximum Gasteiger partial charge on any atom is 0.245 e. The van der Waals surface area contributed by atoms with Gasteiger partial charge in [0.15, 0.2) is 0 Å². The van der Waals surface area contributed by atoms with Crippen molar-refractivity contribution < 1.29 is 8.83 Å². The van der Waals surface area contributed by atoms with Gasteiger partial charge in [-0.3, -0.25) is 0 Å². The van der Waals surface area contributed by atoms with Crippen molar-refractivity contribution in [1.29, 1.82) is 0 Å². The van der Waals surface area contributed by atoms with Crippen LogP contribution >= 0.6 is 0 Å². The van der Waals surface area contributed by atoms with Gasteiger partial charge in [-0.25, -0.2) is 0 Å². The highest BCUT2D eigenvalue weighted by Gasteiger charge is 2.42. The van der Waals surface area contributed by atoms with Gasteiger partial charge in [0.25, 0.3) is 0 Å². The fourth-order valence-electron chi connectivity index (χ4n) is 12.2. The second-order valence-electron chi connectivity index (χ2n) is 21.9. The first-order valence-electron chi connectivity index (χ1n) is 23.1. The zero-order chi connectivity index (χ0) is 42.9. The number of nitrogens with zero attached hydrogens (tertiary/aromatic N) is 1.